The van der Waals surface area contributed by atoms with Gasteiger partial charge in [0.1, 0.15) is 0 Å². The van der Waals surface area contributed by atoms with E-state index < -0.39 is 10.5 Å². The number of hydrogen-bond acceptors (Lipinski definition) is 3. The Morgan fingerprint density at radius 3 is 1.33 bits per heavy atom. The monoisotopic (exact) mass is 106 g/mol. The van der Waals surface area contributed by atoms with Gasteiger partial charge in [-0.15, -0.1) is 0 Å². The predicted octanol–water partition coefficient (Wildman–Crippen LogP) is -0.600. The first-order chi connectivity index (χ1) is 1.73. The largest absolute Gasteiger partial charge is 0.308 e. The average Bonchev–Trinajstić information content (AvgIpc) is 0.811. The van der Waals surface area contributed by atoms with E-state index in [4.69, 9.17) is 13.2 Å². The van der Waals surface area contributed by atoms with Crippen molar-refractivity contribution in [1.29, 1.82) is 4.78 Å². The van der Waals surface area contributed by atoms with Crippen molar-refractivity contribution in [3.8, 4) is 0 Å². The summed E-state index contributed by atoms with van der Waals surface area (Å²) in [6, 6.07) is 0. The summed E-state index contributed by atoms with van der Waals surface area (Å²) in [5.41, 5.74) is 0. The first kappa shape index (κ1) is 16.4. The summed E-state index contributed by atoms with van der Waals surface area (Å²) >= 11 is 0. The van der Waals surface area contributed by atoms with Crippen LogP contribution in [0.15, 0.2) is 0 Å². The van der Waals surface area contributed by atoms with Crippen LogP contribution in [0.4, 0.5) is 4.70 Å². The fraction of sp³-hybridized carbons (Fsp3) is 0. The van der Waals surface area contributed by atoms with Gasteiger partial charge in [-0.3, -0.25) is 4.70 Å². The topological polar surface area (TPSA) is 58.0 Å². The van der Waals surface area contributed by atoms with Crippen LogP contribution in [-0.2, 0) is 10.5 Å². The average molecular weight is 106 g/mol. The third-order valence-electron chi connectivity index (χ3n) is 0. The van der Waals surface area contributed by atoms with Crippen molar-refractivity contribution in [3.05, 3.63) is 0 Å². The Labute approximate surface area is 47.8 Å². The van der Waals surface area contributed by atoms with E-state index in [1.807, 2.05) is 0 Å². The Hall–Kier alpha value is 0.147. The molecular formula is H2FLiNO2S. The molecule has 0 bridgehead atoms. The molecule has 0 aliphatic carbocycles. The van der Waals surface area contributed by atoms with Crippen LogP contribution in [0.1, 0.15) is 0 Å². The van der Waals surface area contributed by atoms with Crippen molar-refractivity contribution in [2.45, 2.75) is 0 Å². The maximum absolute atomic E-state index is 8.67. The minimum absolute atomic E-state index is 0. The summed E-state index contributed by atoms with van der Waals surface area (Å²) in [7, 11) is -2.61. The standard InChI is InChI=1S/FH.Li.HNO2S/c;;1-4(2)3/h1H;;1H. The minimum atomic E-state index is -2.61. The second-order valence-electron chi connectivity index (χ2n) is 0.235. The summed E-state index contributed by atoms with van der Waals surface area (Å²) in [6.07, 6.45) is 0. The van der Waals surface area contributed by atoms with Gasteiger partial charge < -0.3 is 0 Å². The van der Waals surface area contributed by atoms with E-state index in [2.05, 4.69) is 0 Å². The molecule has 0 aromatic carbocycles. The third-order valence-corrected chi connectivity index (χ3v) is 0. The van der Waals surface area contributed by atoms with E-state index in [0.29, 0.717) is 0 Å². The van der Waals surface area contributed by atoms with E-state index in [1.54, 1.807) is 0 Å². The molecule has 0 atom stereocenters. The van der Waals surface area contributed by atoms with Crippen molar-refractivity contribution in [2.24, 2.45) is 0 Å². The third kappa shape index (κ3) is 1890. The van der Waals surface area contributed by atoms with E-state index in [1.165, 1.54) is 0 Å². The predicted molar refractivity (Wildman–Crippen MR) is 19.9 cm³/mol. The van der Waals surface area contributed by atoms with Crippen LogP contribution in [0.3, 0.4) is 0 Å². The zero-order chi connectivity index (χ0) is 3.58. The van der Waals surface area contributed by atoms with Gasteiger partial charge in [0, 0.05) is 18.9 Å². The maximum atomic E-state index is 8.67. The van der Waals surface area contributed by atoms with E-state index in [-0.39, 0.29) is 23.6 Å². The smallest absolute Gasteiger partial charge is 0.269 e. The molecule has 1 radical (unpaired) electrons. The summed E-state index contributed by atoms with van der Waals surface area (Å²) in [6.45, 7) is 0. The van der Waals surface area contributed by atoms with E-state index in [0.717, 1.165) is 0 Å². The number of nitrogens with one attached hydrogen (secondary N) is 1. The molecule has 0 spiro atoms. The zero-order valence-electron chi connectivity index (χ0n) is 3.13. The van der Waals surface area contributed by atoms with Gasteiger partial charge in [0.2, 0.25) is 0 Å². The summed E-state index contributed by atoms with van der Waals surface area (Å²) in [5, 5.41) is 0. The molecule has 6 heavy (non-hydrogen) atoms. The van der Waals surface area contributed by atoms with Gasteiger partial charge in [-0.05, 0) is 0 Å². The minimum Gasteiger partial charge on any atom is -0.269 e. The molecule has 0 aromatic rings. The van der Waals surface area contributed by atoms with Crippen LogP contribution in [0.25, 0.3) is 0 Å². The quantitative estimate of drug-likeness (QED) is 0.419. The van der Waals surface area contributed by atoms with E-state index >= 15 is 0 Å². The molecular weight excluding hydrogens is 104 g/mol. The Balaban J connectivity index is -0.0000000450. The van der Waals surface area contributed by atoms with Gasteiger partial charge in [0.25, 0.3) is 0 Å². The van der Waals surface area contributed by atoms with Crippen LogP contribution in [0, 0.1) is 4.78 Å². The molecule has 0 rings (SSSR count). The SMILES string of the molecule is F.N=S(=O)=O.[Li]. The van der Waals surface area contributed by atoms with Gasteiger partial charge in [0.05, 0.1) is 0 Å². The molecule has 0 aliphatic rings. The number of hydrogen-bond donors (Lipinski definition) is 1. The second kappa shape index (κ2) is 8.94. The Kier molecular flexibility index (Phi) is 24.5. The fourth-order valence-corrected chi connectivity index (χ4v) is 0. The van der Waals surface area contributed by atoms with Gasteiger partial charge in [-0.1, -0.05) is 0 Å². The van der Waals surface area contributed by atoms with Crippen LogP contribution >= 0.6 is 0 Å². The molecule has 1 N–H and O–H groups in total. The molecule has 6 heteroatoms. The van der Waals surface area contributed by atoms with Crippen LogP contribution < -0.4 is 0 Å². The Morgan fingerprint density at radius 1 is 1.33 bits per heavy atom. The molecule has 0 fully saturated rings. The fourth-order valence-electron chi connectivity index (χ4n) is 0. The molecule has 0 saturated heterocycles. The van der Waals surface area contributed by atoms with Crippen LogP contribution in [-0.4, -0.2) is 27.3 Å². The first-order valence-electron chi connectivity index (χ1n) is 0.537. The Bertz CT molecular complexity index is 82.9. The summed E-state index contributed by atoms with van der Waals surface area (Å²) < 4.78 is 22.8. The van der Waals surface area contributed by atoms with Crippen LogP contribution in [0.2, 0.25) is 0 Å². The van der Waals surface area contributed by atoms with Gasteiger partial charge >= 0.3 is 10.5 Å². The number of halogens is 1. The van der Waals surface area contributed by atoms with Gasteiger partial charge in [-0.25, -0.2) is 0 Å². The zero-order valence-corrected chi connectivity index (χ0v) is 3.95. The van der Waals surface area contributed by atoms with Crippen molar-refractivity contribution >= 4 is 29.4 Å². The van der Waals surface area contributed by atoms with E-state index in [9.17, 15) is 0 Å². The maximum Gasteiger partial charge on any atom is 0.308 e. The molecule has 0 heterocycles. The molecule has 3 nitrogen and oxygen atoms in total. The second-order valence-corrected chi connectivity index (χ2v) is 0.704. The van der Waals surface area contributed by atoms with Crippen molar-refractivity contribution in [2.75, 3.05) is 0 Å². The van der Waals surface area contributed by atoms with Crippen molar-refractivity contribution in [1.82, 2.24) is 0 Å². The molecule has 0 aliphatic heterocycles. The molecule has 0 unspecified atom stereocenters. The Morgan fingerprint density at radius 2 is 1.33 bits per heavy atom. The van der Waals surface area contributed by atoms with Crippen LogP contribution in [0.5, 0.6) is 0 Å². The van der Waals surface area contributed by atoms with Gasteiger partial charge in [-0.2, -0.15) is 13.2 Å². The van der Waals surface area contributed by atoms with Gasteiger partial charge in [0.15, 0.2) is 0 Å². The molecule has 33 valence electrons. The molecule has 0 amide bonds. The normalized spacial score (nSPS) is 4.00. The summed E-state index contributed by atoms with van der Waals surface area (Å²) in [4.78, 5) is 0. The van der Waals surface area contributed by atoms with Crippen molar-refractivity contribution in [3.63, 3.8) is 0 Å². The number of rotatable bonds is 0. The molecule has 0 aromatic heterocycles. The summed E-state index contributed by atoms with van der Waals surface area (Å²) in [5.74, 6) is 0. The first-order valence-corrected chi connectivity index (χ1v) is 1.61. The van der Waals surface area contributed by atoms with Crippen molar-refractivity contribution < 1.29 is 13.1 Å². The molecule has 0 saturated carbocycles.